The summed E-state index contributed by atoms with van der Waals surface area (Å²) >= 11 is 0. The molecule has 0 aromatic carbocycles. The second-order valence-corrected chi connectivity index (χ2v) is 9.58. The number of aryl methyl sites for hydroxylation is 1. The van der Waals surface area contributed by atoms with Crippen LogP contribution in [0.4, 0.5) is 5.69 Å². The summed E-state index contributed by atoms with van der Waals surface area (Å²) in [5, 5.41) is 10.9. The highest BCUT2D eigenvalue weighted by Gasteiger charge is 2.31. The van der Waals surface area contributed by atoms with E-state index in [0.29, 0.717) is 18.8 Å². The smallest absolute Gasteiger partial charge is 0.224 e. The molecule has 0 radical (unpaired) electrons. The van der Waals surface area contributed by atoms with Gasteiger partial charge < -0.3 is 10.6 Å². The van der Waals surface area contributed by atoms with Crippen molar-refractivity contribution in [1.82, 2.24) is 15.1 Å². The average molecular weight is 369 g/mol. The predicted octanol–water partition coefficient (Wildman–Crippen LogP) is 1.58. The number of hydrogen-bond acceptors (Lipinski definition) is 5. The maximum atomic E-state index is 12.5. The van der Waals surface area contributed by atoms with Crippen molar-refractivity contribution in [1.29, 1.82) is 0 Å². The molecule has 2 saturated heterocycles. The topological polar surface area (TPSA) is 93.1 Å². The van der Waals surface area contributed by atoms with Gasteiger partial charge in [0.1, 0.15) is 0 Å². The SMILES string of the molecule is Cc1nn(C2CCS(=O)(=O)C2)c(C)c1NC(=O)CC1CCCNCC1. The summed E-state index contributed by atoms with van der Waals surface area (Å²) in [6.07, 6.45) is 4.35. The van der Waals surface area contributed by atoms with E-state index in [-0.39, 0.29) is 23.5 Å². The van der Waals surface area contributed by atoms with Gasteiger partial charge in [0.25, 0.3) is 0 Å². The fourth-order valence-electron chi connectivity index (χ4n) is 3.92. The molecule has 0 saturated carbocycles. The highest BCUT2D eigenvalue weighted by Crippen LogP contribution is 2.29. The Balaban J connectivity index is 1.67. The van der Waals surface area contributed by atoms with Crippen molar-refractivity contribution in [2.24, 2.45) is 5.92 Å². The average Bonchev–Trinajstić information content (AvgIpc) is 2.90. The summed E-state index contributed by atoms with van der Waals surface area (Å²) in [5.74, 6) is 0.799. The standard InChI is InChI=1S/C17H28N4O3S/c1-12-17(19-16(22)10-14-4-3-7-18-8-5-14)13(2)21(20-12)15-6-9-25(23,24)11-15/h14-15,18H,3-11H2,1-2H3,(H,19,22). The number of carbonyl (C=O) groups excluding carboxylic acids is 1. The molecule has 1 aromatic heterocycles. The maximum absolute atomic E-state index is 12.5. The van der Waals surface area contributed by atoms with Crippen LogP contribution in [-0.4, -0.2) is 48.7 Å². The fraction of sp³-hybridized carbons (Fsp3) is 0.765. The zero-order valence-electron chi connectivity index (χ0n) is 15.0. The molecule has 8 heteroatoms. The molecule has 0 aliphatic carbocycles. The van der Waals surface area contributed by atoms with E-state index in [2.05, 4.69) is 15.7 Å². The van der Waals surface area contributed by atoms with E-state index in [9.17, 15) is 13.2 Å². The molecule has 3 rings (SSSR count). The third kappa shape index (κ3) is 4.41. The van der Waals surface area contributed by atoms with Gasteiger partial charge >= 0.3 is 0 Å². The Morgan fingerprint density at radius 1 is 1.28 bits per heavy atom. The Hall–Kier alpha value is -1.41. The summed E-state index contributed by atoms with van der Waals surface area (Å²) < 4.78 is 25.2. The van der Waals surface area contributed by atoms with Crippen molar-refractivity contribution in [3.8, 4) is 0 Å². The molecule has 7 nitrogen and oxygen atoms in total. The molecule has 25 heavy (non-hydrogen) atoms. The lowest BCUT2D eigenvalue weighted by atomic mass is 9.96. The van der Waals surface area contributed by atoms with Gasteiger partial charge in [-0.1, -0.05) is 0 Å². The molecule has 2 atom stereocenters. The number of amides is 1. The minimum absolute atomic E-state index is 0.0247. The van der Waals surface area contributed by atoms with Crippen LogP contribution in [0.15, 0.2) is 0 Å². The number of nitrogens with zero attached hydrogens (tertiary/aromatic N) is 2. The molecule has 2 fully saturated rings. The molecule has 1 aromatic rings. The number of rotatable bonds is 4. The van der Waals surface area contributed by atoms with Crippen LogP contribution in [0.2, 0.25) is 0 Å². The van der Waals surface area contributed by atoms with Gasteiger partial charge in [0.05, 0.1) is 34.6 Å². The number of anilines is 1. The Labute approximate surface area is 149 Å². The summed E-state index contributed by atoms with van der Waals surface area (Å²) in [4.78, 5) is 12.5. The predicted molar refractivity (Wildman–Crippen MR) is 97.5 cm³/mol. The molecule has 2 N–H and O–H groups in total. The molecule has 1 amide bonds. The lowest BCUT2D eigenvalue weighted by Gasteiger charge is -2.14. The van der Waals surface area contributed by atoms with E-state index in [1.165, 1.54) is 0 Å². The molecule has 2 unspecified atom stereocenters. The third-order valence-electron chi connectivity index (χ3n) is 5.31. The first-order valence-corrected chi connectivity index (χ1v) is 10.9. The number of aromatic nitrogens is 2. The monoisotopic (exact) mass is 368 g/mol. The lowest BCUT2D eigenvalue weighted by Crippen LogP contribution is -2.19. The Kier molecular flexibility index (Phi) is 5.48. The zero-order valence-corrected chi connectivity index (χ0v) is 15.9. The minimum Gasteiger partial charge on any atom is -0.323 e. The molecule has 0 spiro atoms. The van der Waals surface area contributed by atoms with Crippen molar-refractivity contribution < 1.29 is 13.2 Å². The van der Waals surface area contributed by atoms with Crippen LogP contribution in [0.5, 0.6) is 0 Å². The van der Waals surface area contributed by atoms with Crippen molar-refractivity contribution in [2.45, 2.75) is 52.0 Å². The van der Waals surface area contributed by atoms with E-state index in [4.69, 9.17) is 0 Å². The number of hydrogen-bond donors (Lipinski definition) is 2. The molecular formula is C17H28N4O3S. The molecule has 140 valence electrons. The summed E-state index contributed by atoms with van der Waals surface area (Å²) in [7, 11) is -2.96. The van der Waals surface area contributed by atoms with Crippen LogP contribution in [-0.2, 0) is 14.6 Å². The van der Waals surface area contributed by atoms with E-state index >= 15 is 0 Å². The van der Waals surface area contributed by atoms with Gasteiger partial charge in [0.2, 0.25) is 5.91 Å². The first-order valence-electron chi connectivity index (χ1n) is 9.12. The zero-order chi connectivity index (χ0) is 18.0. The van der Waals surface area contributed by atoms with Crippen molar-refractivity contribution >= 4 is 21.4 Å². The second-order valence-electron chi connectivity index (χ2n) is 7.35. The Bertz CT molecular complexity index is 733. The minimum atomic E-state index is -2.96. The van der Waals surface area contributed by atoms with Crippen molar-refractivity contribution in [3.05, 3.63) is 11.4 Å². The highest BCUT2D eigenvalue weighted by atomic mass is 32.2. The quantitative estimate of drug-likeness (QED) is 0.842. The third-order valence-corrected chi connectivity index (χ3v) is 7.06. The first-order chi connectivity index (χ1) is 11.9. The number of nitrogens with one attached hydrogen (secondary N) is 2. The van der Waals surface area contributed by atoms with E-state index in [1.54, 1.807) is 4.68 Å². The fourth-order valence-corrected chi connectivity index (χ4v) is 5.61. The molecule has 3 heterocycles. The summed E-state index contributed by atoms with van der Waals surface area (Å²) in [6.45, 7) is 5.77. The number of carbonyl (C=O) groups is 1. The molecular weight excluding hydrogens is 340 g/mol. The van der Waals surface area contributed by atoms with Crippen molar-refractivity contribution in [2.75, 3.05) is 29.9 Å². The van der Waals surface area contributed by atoms with Gasteiger partial charge in [-0.15, -0.1) is 0 Å². The number of sulfone groups is 1. The van der Waals surface area contributed by atoms with Gasteiger partial charge in [-0.2, -0.15) is 5.10 Å². The van der Waals surface area contributed by atoms with Crippen LogP contribution in [0.3, 0.4) is 0 Å². The van der Waals surface area contributed by atoms with Crippen LogP contribution in [0.1, 0.15) is 49.5 Å². The Morgan fingerprint density at radius 2 is 2.08 bits per heavy atom. The van der Waals surface area contributed by atoms with Gasteiger partial charge in [-0.25, -0.2) is 8.42 Å². The highest BCUT2D eigenvalue weighted by molar-refractivity contribution is 7.91. The maximum Gasteiger partial charge on any atom is 0.224 e. The normalized spacial score (nSPS) is 26.3. The Morgan fingerprint density at radius 3 is 2.80 bits per heavy atom. The molecule has 2 aliphatic rings. The molecule has 0 bridgehead atoms. The van der Waals surface area contributed by atoms with Gasteiger partial charge in [-0.3, -0.25) is 9.48 Å². The molecule has 2 aliphatic heterocycles. The first kappa shape index (κ1) is 18.4. The summed E-state index contributed by atoms with van der Waals surface area (Å²) in [6, 6.07) is -0.123. The van der Waals surface area contributed by atoms with Crippen LogP contribution in [0, 0.1) is 19.8 Å². The summed E-state index contributed by atoms with van der Waals surface area (Å²) in [5.41, 5.74) is 2.33. The second kappa shape index (κ2) is 7.45. The van der Waals surface area contributed by atoms with Gasteiger partial charge in [-0.05, 0) is 58.5 Å². The van der Waals surface area contributed by atoms with E-state index in [0.717, 1.165) is 49.4 Å². The van der Waals surface area contributed by atoms with Crippen LogP contribution < -0.4 is 10.6 Å². The van der Waals surface area contributed by atoms with Crippen LogP contribution >= 0.6 is 0 Å². The van der Waals surface area contributed by atoms with Gasteiger partial charge in [0.15, 0.2) is 9.84 Å². The van der Waals surface area contributed by atoms with Crippen LogP contribution in [0.25, 0.3) is 0 Å². The van der Waals surface area contributed by atoms with E-state index < -0.39 is 9.84 Å². The lowest BCUT2D eigenvalue weighted by molar-refractivity contribution is -0.117. The van der Waals surface area contributed by atoms with E-state index in [1.807, 2.05) is 13.8 Å². The van der Waals surface area contributed by atoms with Crippen molar-refractivity contribution in [3.63, 3.8) is 0 Å². The van der Waals surface area contributed by atoms with Gasteiger partial charge in [0, 0.05) is 6.42 Å². The largest absolute Gasteiger partial charge is 0.323 e.